The molecule has 0 atom stereocenters. The molecule has 0 bridgehead atoms. The summed E-state index contributed by atoms with van der Waals surface area (Å²) in [6.45, 7) is 2.06. The van der Waals surface area contributed by atoms with E-state index in [0.29, 0.717) is 37.4 Å². The SMILES string of the molecule is Cc1c(=O)n(Cc2ccc(Cl)c(Cl)c2)c(=O)n2cc(C(=O)NCc3ccccc3)sc12. The lowest BCUT2D eigenvalue weighted by Gasteiger charge is -2.08. The third-order valence-corrected chi connectivity index (χ3v) is 6.79. The summed E-state index contributed by atoms with van der Waals surface area (Å²) in [7, 11) is 0. The van der Waals surface area contributed by atoms with Crippen LogP contribution in [-0.4, -0.2) is 14.9 Å². The maximum absolute atomic E-state index is 13.0. The quantitative estimate of drug-likeness (QED) is 0.473. The van der Waals surface area contributed by atoms with Gasteiger partial charge in [-0.25, -0.2) is 4.79 Å². The monoisotopic (exact) mass is 473 g/mol. The van der Waals surface area contributed by atoms with Crippen molar-refractivity contribution in [2.75, 3.05) is 0 Å². The van der Waals surface area contributed by atoms with Crippen LogP contribution >= 0.6 is 34.5 Å². The average Bonchev–Trinajstić information content (AvgIpc) is 3.23. The first-order chi connectivity index (χ1) is 14.8. The number of hydrogen-bond acceptors (Lipinski definition) is 4. The van der Waals surface area contributed by atoms with Crippen molar-refractivity contribution in [2.24, 2.45) is 0 Å². The molecule has 0 aliphatic carbocycles. The van der Waals surface area contributed by atoms with Crippen LogP contribution in [0.3, 0.4) is 0 Å². The summed E-state index contributed by atoms with van der Waals surface area (Å²) in [4.78, 5) is 39.3. The fourth-order valence-electron chi connectivity index (χ4n) is 3.20. The normalized spacial score (nSPS) is 11.1. The Kier molecular flexibility index (Phi) is 6.00. The van der Waals surface area contributed by atoms with Gasteiger partial charge in [-0.2, -0.15) is 0 Å². The van der Waals surface area contributed by atoms with E-state index in [0.717, 1.165) is 21.5 Å². The molecular formula is C22H17Cl2N3O3S. The fourth-order valence-corrected chi connectivity index (χ4v) is 4.52. The fraction of sp³-hybridized carbons (Fsp3) is 0.136. The zero-order chi connectivity index (χ0) is 22.1. The Morgan fingerprint density at radius 3 is 2.48 bits per heavy atom. The van der Waals surface area contributed by atoms with Crippen molar-refractivity contribution in [3.8, 4) is 0 Å². The number of benzene rings is 2. The topological polar surface area (TPSA) is 72.6 Å². The number of carbonyl (C=O) groups is 1. The van der Waals surface area contributed by atoms with Crippen LogP contribution in [0.2, 0.25) is 10.0 Å². The van der Waals surface area contributed by atoms with Crippen molar-refractivity contribution in [3.05, 3.63) is 107 Å². The number of aryl methyl sites for hydroxylation is 1. The molecule has 0 radical (unpaired) electrons. The molecule has 4 aromatic rings. The van der Waals surface area contributed by atoms with Gasteiger partial charge in [-0.3, -0.25) is 18.6 Å². The molecule has 0 spiro atoms. The predicted octanol–water partition coefficient (Wildman–Crippen LogP) is 4.12. The molecule has 31 heavy (non-hydrogen) atoms. The van der Waals surface area contributed by atoms with Crippen molar-refractivity contribution in [3.63, 3.8) is 0 Å². The van der Waals surface area contributed by atoms with E-state index in [1.54, 1.807) is 25.1 Å². The van der Waals surface area contributed by atoms with Gasteiger partial charge in [0.25, 0.3) is 11.5 Å². The van der Waals surface area contributed by atoms with E-state index in [2.05, 4.69) is 5.32 Å². The molecule has 2 aromatic heterocycles. The summed E-state index contributed by atoms with van der Waals surface area (Å²) >= 11 is 13.1. The van der Waals surface area contributed by atoms with Gasteiger partial charge in [-0.1, -0.05) is 59.6 Å². The van der Waals surface area contributed by atoms with E-state index in [4.69, 9.17) is 23.2 Å². The number of rotatable bonds is 5. The molecule has 1 amide bonds. The maximum atomic E-state index is 13.0. The second-order valence-electron chi connectivity index (χ2n) is 6.99. The predicted molar refractivity (Wildman–Crippen MR) is 124 cm³/mol. The van der Waals surface area contributed by atoms with E-state index in [1.807, 2.05) is 30.3 Å². The minimum Gasteiger partial charge on any atom is -0.347 e. The Balaban J connectivity index is 1.67. The van der Waals surface area contributed by atoms with Gasteiger partial charge in [0.05, 0.1) is 16.6 Å². The molecule has 0 saturated carbocycles. The van der Waals surface area contributed by atoms with Crippen molar-refractivity contribution >= 4 is 45.3 Å². The van der Waals surface area contributed by atoms with Crippen molar-refractivity contribution in [1.82, 2.24) is 14.3 Å². The highest BCUT2D eigenvalue weighted by Gasteiger charge is 2.18. The molecule has 0 aliphatic heterocycles. The van der Waals surface area contributed by atoms with Crippen LogP contribution in [0, 0.1) is 6.92 Å². The summed E-state index contributed by atoms with van der Waals surface area (Å²) in [5, 5.41) is 3.58. The van der Waals surface area contributed by atoms with Gasteiger partial charge in [-0.05, 0) is 30.2 Å². The highest BCUT2D eigenvalue weighted by Crippen LogP contribution is 2.23. The molecule has 2 heterocycles. The van der Waals surface area contributed by atoms with Crippen molar-refractivity contribution < 1.29 is 4.79 Å². The van der Waals surface area contributed by atoms with E-state index < -0.39 is 11.2 Å². The van der Waals surface area contributed by atoms with Gasteiger partial charge in [-0.15, -0.1) is 11.3 Å². The zero-order valence-electron chi connectivity index (χ0n) is 16.4. The van der Waals surface area contributed by atoms with Crippen molar-refractivity contribution in [2.45, 2.75) is 20.0 Å². The third kappa shape index (κ3) is 4.30. The Labute approximate surface area is 191 Å². The number of fused-ring (bicyclic) bond motifs is 1. The summed E-state index contributed by atoms with van der Waals surface area (Å²) in [5.74, 6) is -0.306. The molecule has 4 rings (SSSR count). The molecule has 0 saturated heterocycles. The first-order valence-electron chi connectivity index (χ1n) is 9.37. The van der Waals surface area contributed by atoms with Crippen LogP contribution in [-0.2, 0) is 13.1 Å². The smallest absolute Gasteiger partial charge is 0.336 e. The first kappa shape index (κ1) is 21.4. The Morgan fingerprint density at radius 1 is 1.03 bits per heavy atom. The van der Waals surface area contributed by atoms with E-state index >= 15 is 0 Å². The number of halogens is 2. The number of hydrogen-bond donors (Lipinski definition) is 1. The highest BCUT2D eigenvalue weighted by molar-refractivity contribution is 7.19. The molecular weight excluding hydrogens is 457 g/mol. The van der Waals surface area contributed by atoms with Crippen LogP contribution in [0.25, 0.3) is 4.83 Å². The van der Waals surface area contributed by atoms with E-state index in [9.17, 15) is 14.4 Å². The van der Waals surface area contributed by atoms with Crippen LogP contribution in [0.4, 0.5) is 0 Å². The number of aromatic nitrogens is 2. The number of carbonyl (C=O) groups excluding carboxylic acids is 1. The molecule has 9 heteroatoms. The molecule has 1 N–H and O–H groups in total. The second-order valence-corrected chi connectivity index (χ2v) is 8.83. The zero-order valence-corrected chi connectivity index (χ0v) is 18.7. The van der Waals surface area contributed by atoms with Crippen LogP contribution < -0.4 is 16.6 Å². The molecule has 2 aromatic carbocycles. The number of amides is 1. The lowest BCUT2D eigenvalue weighted by atomic mass is 10.2. The average molecular weight is 474 g/mol. The molecule has 0 fully saturated rings. The number of nitrogens with one attached hydrogen (secondary N) is 1. The largest absolute Gasteiger partial charge is 0.347 e. The van der Waals surface area contributed by atoms with Gasteiger partial charge in [0.15, 0.2) is 0 Å². The molecule has 0 aliphatic rings. The highest BCUT2D eigenvalue weighted by atomic mass is 35.5. The van der Waals surface area contributed by atoms with Crippen LogP contribution in [0.5, 0.6) is 0 Å². The third-order valence-electron chi connectivity index (χ3n) is 4.84. The van der Waals surface area contributed by atoms with Crippen LogP contribution in [0.15, 0.2) is 64.3 Å². The Morgan fingerprint density at radius 2 is 1.77 bits per heavy atom. The minimum absolute atomic E-state index is 0.0454. The van der Waals surface area contributed by atoms with Gasteiger partial charge < -0.3 is 5.32 Å². The Bertz CT molecular complexity index is 1410. The van der Waals surface area contributed by atoms with Gasteiger partial charge >= 0.3 is 5.69 Å². The van der Waals surface area contributed by atoms with Gasteiger partial charge in [0.2, 0.25) is 0 Å². The summed E-state index contributed by atoms with van der Waals surface area (Å²) in [6, 6.07) is 14.5. The summed E-state index contributed by atoms with van der Waals surface area (Å²) in [5.41, 5.74) is 1.10. The van der Waals surface area contributed by atoms with E-state index in [-0.39, 0.29) is 12.5 Å². The maximum Gasteiger partial charge on any atom is 0.336 e. The van der Waals surface area contributed by atoms with Crippen LogP contribution in [0.1, 0.15) is 26.4 Å². The summed E-state index contributed by atoms with van der Waals surface area (Å²) < 4.78 is 2.47. The Hall–Kier alpha value is -2.87. The van der Waals surface area contributed by atoms with Gasteiger partial charge in [0, 0.05) is 18.3 Å². The van der Waals surface area contributed by atoms with Crippen molar-refractivity contribution in [1.29, 1.82) is 0 Å². The molecule has 6 nitrogen and oxygen atoms in total. The number of thiazole rings is 1. The second kappa shape index (κ2) is 8.70. The first-order valence-corrected chi connectivity index (χ1v) is 10.9. The lowest BCUT2D eigenvalue weighted by Crippen LogP contribution is -2.38. The lowest BCUT2D eigenvalue weighted by molar-refractivity contribution is 0.0954. The standard InChI is InChI=1S/C22H17Cl2N3O3S/c1-13-20(29)26(11-15-7-8-16(23)17(24)9-15)22(30)27-12-18(31-21(13)27)19(28)25-10-14-5-3-2-4-6-14/h2-9,12H,10-11H2,1H3,(H,25,28). The summed E-state index contributed by atoms with van der Waals surface area (Å²) in [6.07, 6.45) is 1.47. The number of nitrogens with zero attached hydrogens (tertiary/aromatic N) is 2. The molecule has 0 unspecified atom stereocenters. The minimum atomic E-state index is -0.518. The van der Waals surface area contributed by atoms with E-state index in [1.165, 1.54) is 10.6 Å². The molecule has 158 valence electrons. The van der Waals surface area contributed by atoms with Gasteiger partial charge in [0.1, 0.15) is 9.71 Å².